The number of hydrogen-bond donors (Lipinski definition) is 0. The van der Waals surface area contributed by atoms with E-state index >= 15 is 0 Å². The van der Waals surface area contributed by atoms with E-state index in [2.05, 4.69) is 243 Å². The van der Waals surface area contributed by atoms with Crippen molar-refractivity contribution in [2.24, 2.45) is 23.7 Å². The molecule has 94 heavy (non-hydrogen) atoms. The third-order valence-corrected chi connectivity index (χ3v) is 21.2. The van der Waals surface area contributed by atoms with Crippen molar-refractivity contribution in [2.45, 2.75) is 210 Å². The third kappa shape index (κ3) is 14.7. The Labute approximate surface area is 565 Å². The van der Waals surface area contributed by atoms with Crippen molar-refractivity contribution in [2.75, 3.05) is 26.4 Å². The van der Waals surface area contributed by atoms with Crippen LogP contribution in [0, 0.1) is 23.7 Å². The molecule has 494 valence electrons. The van der Waals surface area contributed by atoms with Gasteiger partial charge in [0, 0.05) is 0 Å². The number of ether oxygens (including phenoxy) is 4. The third-order valence-electron chi connectivity index (χ3n) is 21.2. The van der Waals surface area contributed by atoms with Crippen molar-refractivity contribution in [3.05, 3.63) is 157 Å². The SMILES string of the molecule is CCCCC(CC)COc1ccc(-c2cc3cc(C(C)(C)C)cc4cc(-c5ccc(OCC(CC)CCCC)cc5)c5c6c(-c7ccc(OCC(CC)CCCC)cc7)cc7cc(C(C)(C)C)cc8cc(-c9ccc(OCC(CC)CCCC)cc9)c(c2c5c34)c6c87)cc1. The van der Waals surface area contributed by atoms with E-state index in [0.29, 0.717) is 23.7 Å². The van der Waals surface area contributed by atoms with Crippen molar-refractivity contribution < 1.29 is 18.9 Å². The van der Waals surface area contributed by atoms with Gasteiger partial charge in [0.05, 0.1) is 26.4 Å². The van der Waals surface area contributed by atoms with Crippen molar-refractivity contribution in [1.82, 2.24) is 0 Å². The van der Waals surface area contributed by atoms with Gasteiger partial charge in [0.2, 0.25) is 0 Å². The zero-order chi connectivity index (χ0) is 66.3. The second-order valence-electron chi connectivity index (χ2n) is 30.0. The zero-order valence-corrected chi connectivity index (χ0v) is 59.9. The van der Waals surface area contributed by atoms with Gasteiger partial charge >= 0.3 is 0 Å². The van der Waals surface area contributed by atoms with Gasteiger partial charge in [-0.1, -0.05) is 247 Å². The Hall–Kier alpha value is -7.30. The second-order valence-corrected chi connectivity index (χ2v) is 30.0. The van der Waals surface area contributed by atoms with Crippen LogP contribution >= 0.6 is 0 Å². The van der Waals surface area contributed by atoms with Gasteiger partial charge in [-0.15, -0.1) is 0 Å². The summed E-state index contributed by atoms with van der Waals surface area (Å²) in [5.74, 6) is 5.81. The van der Waals surface area contributed by atoms with E-state index in [1.165, 1.54) is 197 Å². The topological polar surface area (TPSA) is 36.9 Å². The summed E-state index contributed by atoms with van der Waals surface area (Å²) in [4.78, 5) is 0. The van der Waals surface area contributed by atoms with Gasteiger partial charge in [0.15, 0.2) is 0 Å². The van der Waals surface area contributed by atoms with E-state index in [1.54, 1.807) is 0 Å². The summed E-state index contributed by atoms with van der Waals surface area (Å²) in [5.41, 5.74) is 12.0. The maximum atomic E-state index is 6.71. The molecule has 4 nitrogen and oxygen atoms in total. The number of fused-ring (bicyclic) bond motifs is 2. The zero-order valence-electron chi connectivity index (χ0n) is 59.9. The molecule has 0 spiro atoms. The normalized spacial score (nSPS) is 13.7. The van der Waals surface area contributed by atoms with Crippen LogP contribution in [0.25, 0.3) is 109 Å². The molecule has 11 aromatic rings. The molecule has 0 aromatic heterocycles. The average molecular weight is 1260 g/mol. The highest BCUT2D eigenvalue weighted by molar-refractivity contribution is 6.47. The van der Waals surface area contributed by atoms with E-state index in [-0.39, 0.29) is 10.8 Å². The molecule has 0 bridgehead atoms. The predicted octanol–water partition coefficient (Wildman–Crippen LogP) is 27.1. The fourth-order valence-corrected chi connectivity index (χ4v) is 14.8. The molecule has 4 unspecified atom stereocenters. The summed E-state index contributed by atoms with van der Waals surface area (Å²) in [6, 6.07) is 56.8. The quantitative estimate of drug-likeness (QED) is 0.0311. The maximum Gasteiger partial charge on any atom is 0.119 e. The molecule has 4 heteroatoms. The fraction of sp³-hybridized carbons (Fsp3) is 0.444. The molecule has 0 heterocycles. The molecule has 11 aromatic carbocycles. The second kappa shape index (κ2) is 30.2. The van der Waals surface area contributed by atoms with Gasteiger partial charge in [-0.2, -0.15) is 0 Å². The highest BCUT2D eigenvalue weighted by Crippen LogP contribution is 2.57. The van der Waals surface area contributed by atoms with E-state index in [0.717, 1.165) is 75.1 Å². The molecule has 0 radical (unpaired) electrons. The van der Waals surface area contributed by atoms with Gasteiger partial charge in [0.25, 0.3) is 0 Å². The summed E-state index contributed by atoms with van der Waals surface area (Å²) >= 11 is 0. The lowest BCUT2D eigenvalue weighted by atomic mass is 9.75. The summed E-state index contributed by atoms with van der Waals surface area (Å²) in [7, 11) is 0. The van der Waals surface area contributed by atoms with Crippen molar-refractivity contribution in [1.29, 1.82) is 0 Å². The predicted molar refractivity (Wildman–Crippen MR) is 408 cm³/mol. The summed E-state index contributed by atoms with van der Waals surface area (Å²) in [6.07, 6.45) is 18.9. The Balaban J connectivity index is 1.27. The molecule has 0 aliphatic carbocycles. The number of rotatable bonds is 32. The van der Waals surface area contributed by atoms with Gasteiger partial charge in [-0.3, -0.25) is 0 Å². The number of benzene rings is 11. The molecular weight excluding hydrogens is 1140 g/mol. The molecule has 0 amide bonds. The minimum absolute atomic E-state index is 0.113. The average Bonchev–Trinajstić information content (AvgIpc) is 0.674. The first-order valence-electron chi connectivity index (χ1n) is 36.9. The Kier molecular flexibility index (Phi) is 21.9. The summed E-state index contributed by atoms with van der Waals surface area (Å²) in [6.45, 7) is 35.4. The molecule has 0 aliphatic rings. The number of unbranched alkanes of at least 4 members (excludes halogenated alkanes) is 4. The minimum atomic E-state index is -0.113. The first-order valence-corrected chi connectivity index (χ1v) is 36.9. The van der Waals surface area contributed by atoms with Crippen LogP contribution in [0.3, 0.4) is 0 Å². The molecular formula is C90H110O4. The van der Waals surface area contributed by atoms with Crippen LogP contribution in [-0.4, -0.2) is 26.4 Å². The Morgan fingerprint density at radius 1 is 0.266 bits per heavy atom. The van der Waals surface area contributed by atoms with Crippen LogP contribution in [0.4, 0.5) is 0 Å². The minimum Gasteiger partial charge on any atom is -0.493 e. The Morgan fingerprint density at radius 2 is 0.479 bits per heavy atom. The fourth-order valence-electron chi connectivity index (χ4n) is 14.8. The number of hydrogen-bond acceptors (Lipinski definition) is 4. The van der Waals surface area contributed by atoms with E-state index in [1.807, 2.05) is 0 Å². The molecule has 0 N–H and O–H groups in total. The van der Waals surface area contributed by atoms with Crippen LogP contribution in [-0.2, 0) is 10.8 Å². The summed E-state index contributed by atoms with van der Waals surface area (Å²) < 4.78 is 26.9. The van der Waals surface area contributed by atoms with Gasteiger partial charge < -0.3 is 18.9 Å². The van der Waals surface area contributed by atoms with Crippen molar-refractivity contribution >= 4 is 64.6 Å². The lowest BCUT2D eigenvalue weighted by Gasteiger charge is -2.28. The smallest absolute Gasteiger partial charge is 0.119 e. The molecule has 4 atom stereocenters. The molecule has 11 rings (SSSR count). The van der Waals surface area contributed by atoms with Gasteiger partial charge in [-0.25, -0.2) is 0 Å². The van der Waals surface area contributed by atoms with E-state index in [4.69, 9.17) is 18.9 Å². The monoisotopic (exact) mass is 1250 g/mol. The van der Waals surface area contributed by atoms with Crippen molar-refractivity contribution in [3.8, 4) is 67.5 Å². The standard InChI is InChI=1S/C90H110O4/c1-15-23-27-59(19-5)55-91-73-39-31-63(32-40-73)77-51-67-47-71(89(9,10)11)48-68-53-79(65-35-43-75(44-36-65)93-57-61(21-7)29-25-17-3)85-86-80(66-37-45-76(46-38-66)94-58-62(22-8)30-26-18-4)54-70-50-72(90(12,13)14)49-69-52-78(84(88(86)82(69)70)83(77)87(85)81(67)68)64-33-41-74(42-34-64)92-56-60(20-6)28-24-16-2/h31-54,59-62H,15-30,55-58H2,1-14H3. The van der Waals surface area contributed by atoms with Crippen LogP contribution in [0.2, 0.25) is 0 Å². The molecule has 0 fully saturated rings. The molecule has 0 saturated heterocycles. The van der Waals surface area contributed by atoms with Crippen LogP contribution < -0.4 is 18.9 Å². The lowest BCUT2D eigenvalue weighted by Crippen LogP contribution is -2.11. The van der Waals surface area contributed by atoms with E-state index < -0.39 is 0 Å². The maximum absolute atomic E-state index is 6.71. The largest absolute Gasteiger partial charge is 0.493 e. The summed E-state index contributed by atoms with van der Waals surface area (Å²) in [5, 5.41) is 15.3. The highest BCUT2D eigenvalue weighted by Gasteiger charge is 2.30. The van der Waals surface area contributed by atoms with Crippen LogP contribution in [0.1, 0.15) is 211 Å². The van der Waals surface area contributed by atoms with Gasteiger partial charge in [0.1, 0.15) is 23.0 Å². The first-order chi connectivity index (χ1) is 45.5. The lowest BCUT2D eigenvalue weighted by molar-refractivity contribution is 0.233. The Morgan fingerprint density at radius 3 is 0.660 bits per heavy atom. The van der Waals surface area contributed by atoms with Crippen LogP contribution in [0.15, 0.2) is 146 Å². The Bertz CT molecular complexity index is 3720. The highest BCUT2D eigenvalue weighted by atomic mass is 16.5. The van der Waals surface area contributed by atoms with Crippen LogP contribution in [0.5, 0.6) is 23.0 Å². The molecule has 0 aliphatic heterocycles. The molecule has 0 saturated carbocycles. The van der Waals surface area contributed by atoms with Gasteiger partial charge in [-0.05, 0) is 253 Å². The van der Waals surface area contributed by atoms with E-state index in [9.17, 15) is 0 Å². The first kappa shape index (κ1) is 68.1. The van der Waals surface area contributed by atoms with Crippen molar-refractivity contribution in [3.63, 3.8) is 0 Å².